The number of hydrogen-bond acceptors (Lipinski definition) is 3. The number of carbonyl (C=O) groups excluding carboxylic acids is 1. The van der Waals surface area contributed by atoms with Gasteiger partial charge in [0, 0.05) is 6.42 Å². The topological polar surface area (TPSA) is 69.6 Å². The van der Waals surface area contributed by atoms with Gasteiger partial charge in [-0.3, -0.25) is 4.79 Å². The molecule has 0 spiro atoms. The lowest BCUT2D eigenvalue weighted by Crippen LogP contribution is -2.45. The second-order valence-electron chi connectivity index (χ2n) is 21.8. The summed E-state index contributed by atoms with van der Waals surface area (Å²) in [7, 11) is 0. The highest BCUT2D eigenvalue weighted by atomic mass is 16.3. The van der Waals surface area contributed by atoms with E-state index in [2.05, 4.69) is 55.6 Å². The molecule has 2 unspecified atom stereocenters. The average Bonchev–Trinajstić information content (AvgIpc) is 3.36. The van der Waals surface area contributed by atoms with Crippen LogP contribution in [0.2, 0.25) is 0 Å². The Morgan fingerprint density at radius 1 is 0.343 bits per heavy atom. The minimum absolute atomic E-state index is 0.0675. The summed E-state index contributed by atoms with van der Waals surface area (Å²) < 4.78 is 0. The summed E-state index contributed by atoms with van der Waals surface area (Å²) in [6.07, 6.45) is 86.1. The highest BCUT2D eigenvalue weighted by Crippen LogP contribution is 2.18. The molecular weight excluding hydrogens is 855 g/mol. The van der Waals surface area contributed by atoms with Crippen LogP contribution in [0.5, 0.6) is 0 Å². The van der Waals surface area contributed by atoms with Crippen LogP contribution in [0.4, 0.5) is 0 Å². The van der Waals surface area contributed by atoms with Crippen molar-refractivity contribution in [3.8, 4) is 0 Å². The van der Waals surface area contributed by atoms with E-state index in [1.54, 1.807) is 6.08 Å². The normalized spacial score (nSPS) is 13.0. The Bertz CT molecular complexity index is 1110. The van der Waals surface area contributed by atoms with Crippen LogP contribution in [-0.4, -0.2) is 34.9 Å². The zero-order valence-corrected chi connectivity index (χ0v) is 47.6. The molecule has 0 bridgehead atoms. The molecule has 4 heteroatoms. The Hall–Kier alpha value is -1.65. The summed E-state index contributed by atoms with van der Waals surface area (Å²) in [6.45, 7) is 4.32. The second-order valence-corrected chi connectivity index (χ2v) is 21.8. The van der Waals surface area contributed by atoms with E-state index in [0.717, 1.165) is 38.5 Å². The molecule has 0 aromatic rings. The molecule has 0 aliphatic heterocycles. The molecule has 0 saturated heterocycles. The molecule has 0 radical (unpaired) electrons. The molecule has 0 saturated carbocycles. The number of carbonyl (C=O) groups is 1. The summed E-state index contributed by atoms with van der Waals surface area (Å²) in [5, 5.41) is 23.2. The Morgan fingerprint density at radius 3 is 0.914 bits per heavy atom. The van der Waals surface area contributed by atoms with Crippen LogP contribution in [0.3, 0.4) is 0 Å². The first kappa shape index (κ1) is 68.4. The minimum atomic E-state index is -0.861. The lowest BCUT2D eigenvalue weighted by Gasteiger charge is -2.19. The maximum Gasteiger partial charge on any atom is 0.220 e. The quantitative estimate of drug-likeness (QED) is 0.0420. The first-order valence-corrected chi connectivity index (χ1v) is 31.9. The summed E-state index contributed by atoms with van der Waals surface area (Å²) in [4.78, 5) is 12.5. The van der Waals surface area contributed by atoms with Crippen molar-refractivity contribution in [3.63, 3.8) is 0 Å². The molecule has 0 aromatic carbocycles. The lowest BCUT2D eigenvalue weighted by molar-refractivity contribution is -0.123. The lowest BCUT2D eigenvalue weighted by atomic mass is 10.0. The average molecular weight is 981 g/mol. The van der Waals surface area contributed by atoms with Crippen molar-refractivity contribution in [1.29, 1.82) is 0 Å². The highest BCUT2D eigenvalue weighted by molar-refractivity contribution is 5.76. The van der Waals surface area contributed by atoms with Gasteiger partial charge in [-0.15, -0.1) is 0 Å². The van der Waals surface area contributed by atoms with Gasteiger partial charge in [-0.2, -0.15) is 0 Å². The van der Waals surface area contributed by atoms with Gasteiger partial charge in [0.05, 0.1) is 18.8 Å². The maximum atomic E-state index is 12.5. The van der Waals surface area contributed by atoms with E-state index in [9.17, 15) is 15.0 Å². The number of nitrogens with one attached hydrogen (secondary N) is 1. The molecule has 2 atom stereocenters. The van der Waals surface area contributed by atoms with E-state index in [-0.39, 0.29) is 12.5 Å². The van der Waals surface area contributed by atoms with Crippen LogP contribution in [-0.2, 0) is 4.79 Å². The molecule has 0 heterocycles. The Balaban J connectivity index is 3.41. The van der Waals surface area contributed by atoms with Gasteiger partial charge in [-0.05, 0) is 64.2 Å². The van der Waals surface area contributed by atoms with Crippen LogP contribution < -0.4 is 5.32 Å². The van der Waals surface area contributed by atoms with E-state index in [1.807, 2.05) is 6.08 Å². The van der Waals surface area contributed by atoms with Gasteiger partial charge in [0.1, 0.15) is 0 Å². The van der Waals surface area contributed by atoms with Crippen molar-refractivity contribution in [2.75, 3.05) is 6.61 Å². The number of hydrogen-bond donors (Lipinski definition) is 3. The molecule has 0 rings (SSSR count). The number of allylic oxidation sites excluding steroid dienone is 7. The Kier molecular flexibility index (Phi) is 60.2. The van der Waals surface area contributed by atoms with Gasteiger partial charge in [-0.1, -0.05) is 326 Å². The van der Waals surface area contributed by atoms with Crippen molar-refractivity contribution >= 4 is 5.91 Å². The van der Waals surface area contributed by atoms with Gasteiger partial charge in [0.2, 0.25) is 5.91 Å². The Morgan fingerprint density at radius 2 is 0.600 bits per heavy atom. The van der Waals surface area contributed by atoms with Crippen molar-refractivity contribution in [2.45, 2.75) is 360 Å². The van der Waals surface area contributed by atoms with Gasteiger partial charge in [0.25, 0.3) is 0 Å². The van der Waals surface area contributed by atoms with Crippen LogP contribution in [0.1, 0.15) is 348 Å². The molecular formula is C66H125NO3. The van der Waals surface area contributed by atoms with Crippen molar-refractivity contribution < 1.29 is 15.0 Å². The largest absolute Gasteiger partial charge is 0.394 e. The maximum absolute atomic E-state index is 12.5. The fourth-order valence-corrected chi connectivity index (χ4v) is 9.94. The molecule has 0 aliphatic rings. The first-order valence-electron chi connectivity index (χ1n) is 31.9. The van der Waals surface area contributed by atoms with Crippen molar-refractivity contribution in [3.05, 3.63) is 48.6 Å². The van der Waals surface area contributed by atoms with E-state index in [0.29, 0.717) is 6.42 Å². The van der Waals surface area contributed by atoms with Gasteiger partial charge >= 0.3 is 0 Å². The zero-order valence-electron chi connectivity index (χ0n) is 47.6. The summed E-state index contributed by atoms with van der Waals surface area (Å²) in [5.74, 6) is -0.0675. The smallest absolute Gasteiger partial charge is 0.220 e. The SMILES string of the molecule is CCCCCCC/C=C\C/C=C\CCCCCCCCCCCCCCCCCCCCCCCCCCCCCC(=O)NC(CO)C(O)/C=C/CC/C=C/CCCCCCCCCCCCCCC. The molecule has 412 valence electrons. The molecule has 70 heavy (non-hydrogen) atoms. The van der Waals surface area contributed by atoms with Crippen LogP contribution in [0.25, 0.3) is 0 Å². The van der Waals surface area contributed by atoms with E-state index >= 15 is 0 Å². The van der Waals surface area contributed by atoms with Gasteiger partial charge in [-0.25, -0.2) is 0 Å². The summed E-state index contributed by atoms with van der Waals surface area (Å²) in [5.41, 5.74) is 0. The number of aliphatic hydroxyl groups excluding tert-OH is 2. The molecule has 4 nitrogen and oxygen atoms in total. The highest BCUT2D eigenvalue weighted by Gasteiger charge is 2.18. The first-order chi connectivity index (χ1) is 34.7. The van der Waals surface area contributed by atoms with Crippen LogP contribution in [0, 0.1) is 0 Å². The van der Waals surface area contributed by atoms with Gasteiger partial charge < -0.3 is 15.5 Å². The third-order valence-electron chi connectivity index (χ3n) is 14.8. The predicted octanol–water partition coefficient (Wildman–Crippen LogP) is 21.4. The van der Waals surface area contributed by atoms with Crippen molar-refractivity contribution in [2.24, 2.45) is 0 Å². The third kappa shape index (κ3) is 57.3. The molecule has 3 N–H and O–H groups in total. The second kappa shape index (κ2) is 61.6. The number of unbranched alkanes of at least 4 members (excludes halogenated alkanes) is 46. The van der Waals surface area contributed by atoms with Crippen LogP contribution >= 0.6 is 0 Å². The number of rotatable bonds is 59. The van der Waals surface area contributed by atoms with E-state index in [1.165, 1.54) is 289 Å². The fourth-order valence-electron chi connectivity index (χ4n) is 9.94. The minimum Gasteiger partial charge on any atom is -0.394 e. The Labute approximate surface area is 439 Å². The number of aliphatic hydroxyl groups is 2. The standard InChI is InChI=1S/C66H125NO3/c1-3-5-7-9-11-13-15-17-19-21-23-24-25-26-27-28-29-30-31-32-33-34-35-36-37-38-39-40-41-42-44-46-48-50-52-54-56-58-60-62-66(70)67-64(63-68)65(69)61-59-57-55-53-51-49-47-45-43-22-20-18-16-14-12-10-8-6-4-2/h15,17,21,23,51,53,59,61,64-65,68-69H,3-14,16,18-20,22,24-50,52,54-58,60,62-63H2,1-2H3,(H,67,70)/b17-15-,23-21-,53-51+,61-59+. The summed E-state index contributed by atoms with van der Waals surface area (Å²) in [6, 6.07) is -0.638. The van der Waals surface area contributed by atoms with Crippen LogP contribution in [0.15, 0.2) is 48.6 Å². The zero-order chi connectivity index (χ0) is 50.6. The fraction of sp³-hybridized carbons (Fsp3) is 0.864. The monoisotopic (exact) mass is 980 g/mol. The molecule has 0 fully saturated rings. The predicted molar refractivity (Wildman–Crippen MR) is 313 cm³/mol. The van der Waals surface area contributed by atoms with Gasteiger partial charge in [0.15, 0.2) is 0 Å². The third-order valence-corrected chi connectivity index (χ3v) is 14.8. The molecule has 0 aromatic heterocycles. The molecule has 0 aliphatic carbocycles. The summed E-state index contributed by atoms with van der Waals surface area (Å²) >= 11 is 0. The van der Waals surface area contributed by atoms with Crippen molar-refractivity contribution in [1.82, 2.24) is 5.32 Å². The molecule has 1 amide bonds. The number of amides is 1. The van der Waals surface area contributed by atoms with E-state index in [4.69, 9.17) is 0 Å². The van der Waals surface area contributed by atoms with E-state index < -0.39 is 12.1 Å².